The third-order valence-electron chi connectivity index (χ3n) is 3.97. The normalized spacial score (nSPS) is 27.4. The lowest BCUT2D eigenvalue weighted by molar-refractivity contribution is -0.143. The summed E-state index contributed by atoms with van der Waals surface area (Å²) < 4.78 is 0. The average molecular weight is 239 g/mol. The highest BCUT2D eigenvalue weighted by Gasteiger charge is 2.53. The molecule has 1 amide bonds. The SMILES string of the molecule is CC(CN(C(=O)C1CC1(C)C)C1CC1)C(=O)O. The maximum absolute atomic E-state index is 12.3. The number of carboxylic acids is 1. The van der Waals surface area contributed by atoms with Gasteiger partial charge in [0.15, 0.2) is 0 Å². The van der Waals surface area contributed by atoms with Gasteiger partial charge in [0.05, 0.1) is 5.92 Å². The molecule has 4 nitrogen and oxygen atoms in total. The Morgan fingerprint density at radius 1 is 1.41 bits per heavy atom. The Hall–Kier alpha value is -1.06. The molecule has 0 radical (unpaired) electrons. The Labute approximate surface area is 102 Å². The molecule has 0 heterocycles. The minimum Gasteiger partial charge on any atom is -0.481 e. The Balaban J connectivity index is 1.98. The van der Waals surface area contributed by atoms with Crippen LogP contribution in [0.1, 0.15) is 40.0 Å². The molecule has 0 aromatic heterocycles. The van der Waals surface area contributed by atoms with Gasteiger partial charge in [-0.1, -0.05) is 20.8 Å². The molecule has 0 aromatic rings. The van der Waals surface area contributed by atoms with Gasteiger partial charge in [-0.25, -0.2) is 0 Å². The third-order valence-corrected chi connectivity index (χ3v) is 3.97. The van der Waals surface area contributed by atoms with Crippen molar-refractivity contribution in [2.24, 2.45) is 17.3 Å². The van der Waals surface area contributed by atoms with Crippen molar-refractivity contribution >= 4 is 11.9 Å². The number of hydrogen-bond acceptors (Lipinski definition) is 2. The van der Waals surface area contributed by atoms with E-state index in [4.69, 9.17) is 5.11 Å². The zero-order valence-corrected chi connectivity index (χ0v) is 10.8. The zero-order chi connectivity index (χ0) is 12.8. The van der Waals surface area contributed by atoms with Gasteiger partial charge in [-0.05, 0) is 24.7 Å². The van der Waals surface area contributed by atoms with Crippen molar-refractivity contribution < 1.29 is 14.7 Å². The van der Waals surface area contributed by atoms with Crippen molar-refractivity contribution in [3.05, 3.63) is 0 Å². The third kappa shape index (κ3) is 2.61. The van der Waals surface area contributed by atoms with E-state index in [-0.39, 0.29) is 17.2 Å². The highest BCUT2D eigenvalue weighted by molar-refractivity contribution is 5.83. The van der Waals surface area contributed by atoms with Crippen LogP contribution in [-0.2, 0) is 9.59 Å². The van der Waals surface area contributed by atoms with Crippen LogP contribution in [0.15, 0.2) is 0 Å². The molecule has 2 aliphatic rings. The number of amides is 1. The van der Waals surface area contributed by atoms with Crippen LogP contribution in [-0.4, -0.2) is 34.5 Å². The molecule has 96 valence electrons. The van der Waals surface area contributed by atoms with Gasteiger partial charge >= 0.3 is 5.97 Å². The van der Waals surface area contributed by atoms with Gasteiger partial charge < -0.3 is 10.0 Å². The number of carboxylic acid groups (broad SMARTS) is 1. The average Bonchev–Trinajstić information content (AvgIpc) is 3.10. The fraction of sp³-hybridized carbons (Fsp3) is 0.846. The molecule has 2 rings (SSSR count). The lowest BCUT2D eigenvalue weighted by Crippen LogP contribution is -2.40. The maximum atomic E-state index is 12.3. The molecule has 0 saturated heterocycles. The largest absolute Gasteiger partial charge is 0.481 e. The van der Waals surface area contributed by atoms with E-state index in [1.54, 1.807) is 6.92 Å². The standard InChI is InChI=1S/C13H21NO3/c1-8(12(16)17)7-14(9-4-5-9)11(15)10-6-13(10,2)3/h8-10H,4-7H2,1-3H3,(H,16,17). The predicted octanol–water partition coefficient (Wildman–Crippen LogP) is 1.74. The summed E-state index contributed by atoms with van der Waals surface area (Å²) in [4.78, 5) is 25.0. The van der Waals surface area contributed by atoms with E-state index in [2.05, 4.69) is 13.8 Å². The molecule has 0 aliphatic heterocycles. The monoisotopic (exact) mass is 239 g/mol. The highest BCUT2D eigenvalue weighted by atomic mass is 16.4. The minimum absolute atomic E-state index is 0.115. The van der Waals surface area contributed by atoms with Gasteiger partial charge in [-0.2, -0.15) is 0 Å². The molecule has 0 bridgehead atoms. The highest BCUT2D eigenvalue weighted by Crippen LogP contribution is 2.53. The molecule has 2 unspecified atom stereocenters. The van der Waals surface area contributed by atoms with E-state index < -0.39 is 11.9 Å². The number of aliphatic carboxylic acids is 1. The fourth-order valence-corrected chi connectivity index (χ4v) is 2.27. The molecule has 4 heteroatoms. The second kappa shape index (κ2) is 4.00. The molecule has 0 spiro atoms. The Morgan fingerprint density at radius 2 is 1.94 bits per heavy atom. The first-order chi connectivity index (χ1) is 7.83. The van der Waals surface area contributed by atoms with Crippen LogP contribution < -0.4 is 0 Å². The van der Waals surface area contributed by atoms with Crippen molar-refractivity contribution in [1.82, 2.24) is 4.90 Å². The van der Waals surface area contributed by atoms with Crippen LogP contribution in [0, 0.1) is 17.3 Å². The molecule has 2 atom stereocenters. The van der Waals surface area contributed by atoms with Crippen LogP contribution in [0.25, 0.3) is 0 Å². The van der Waals surface area contributed by atoms with Gasteiger partial charge in [0.2, 0.25) is 5.91 Å². The number of carbonyl (C=O) groups excluding carboxylic acids is 1. The molecular weight excluding hydrogens is 218 g/mol. The number of hydrogen-bond donors (Lipinski definition) is 1. The van der Waals surface area contributed by atoms with Gasteiger partial charge in [0.1, 0.15) is 0 Å². The number of nitrogens with zero attached hydrogens (tertiary/aromatic N) is 1. The first kappa shape index (κ1) is 12.4. The van der Waals surface area contributed by atoms with Crippen molar-refractivity contribution in [2.45, 2.75) is 46.1 Å². The summed E-state index contributed by atoms with van der Waals surface area (Å²) in [5.74, 6) is -1.00. The molecule has 0 aromatic carbocycles. The van der Waals surface area contributed by atoms with Gasteiger partial charge in [0, 0.05) is 18.5 Å². The zero-order valence-electron chi connectivity index (χ0n) is 10.8. The molecule has 17 heavy (non-hydrogen) atoms. The Morgan fingerprint density at radius 3 is 2.29 bits per heavy atom. The number of carbonyl (C=O) groups is 2. The second-order valence-corrected chi connectivity index (χ2v) is 6.21. The molecule has 2 saturated carbocycles. The Bertz CT molecular complexity index is 347. The second-order valence-electron chi connectivity index (χ2n) is 6.21. The fourth-order valence-electron chi connectivity index (χ4n) is 2.27. The van der Waals surface area contributed by atoms with E-state index in [1.165, 1.54) is 0 Å². The van der Waals surface area contributed by atoms with Crippen LogP contribution in [0.3, 0.4) is 0 Å². The van der Waals surface area contributed by atoms with Gasteiger partial charge in [0.25, 0.3) is 0 Å². The van der Waals surface area contributed by atoms with Crippen LogP contribution in [0.5, 0.6) is 0 Å². The first-order valence-corrected chi connectivity index (χ1v) is 6.36. The van der Waals surface area contributed by atoms with E-state index in [1.807, 2.05) is 4.90 Å². The minimum atomic E-state index is -0.821. The van der Waals surface area contributed by atoms with E-state index >= 15 is 0 Å². The summed E-state index contributed by atoms with van der Waals surface area (Å²) in [6.07, 6.45) is 3.01. The maximum Gasteiger partial charge on any atom is 0.308 e. The quantitative estimate of drug-likeness (QED) is 0.795. The van der Waals surface area contributed by atoms with Crippen molar-refractivity contribution in [3.63, 3.8) is 0 Å². The number of rotatable bonds is 5. The molecular formula is C13H21NO3. The lowest BCUT2D eigenvalue weighted by atomic mass is 10.1. The summed E-state index contributed by atoms with van der Waals surface area (Å²) in [7, 11) is 0. The van der Waals surface area contributed by atoms with Crippen LogP contribution in [0.2, 0.25) is 0 Å². The molecule has 2 fully saturated rings. The van der Waals surface area contributed by atoms with E-state index in [0.29, 0.717) is 12.6 Å². The van der Waals surface area contributed by atoms with E-state index in [0.717, 1.165) is 19.3 Å². The first-order valence-electron chi connectivity index (χ1n) is 6.36. The van der Waals surface area contributed by atoms with Crippen LogP contribution >= 0.6 is 0 Å². The summed E-state index contributed by atoms with van der Waals surface area (Å²) >= 11 is 0. The topological polar surface area (TPSA) is 57.6 Å². The summed E-state index contributed by atoms with van der Waals surface area (Å²) in [6, 6.07) is 0.306. The predicted molar refractivity (Wildman–Crippen MR) is 63.4 cm³/mol. The summed E-state index contributed by atoms with van der Waals surface area (Å²) in [6.45, 7) is 6.23. The molecule has 2 aliphatic carbocycles. The van der Waals surface area contributed by atoms with E-state index in [9.17, 15) is 9.59 Å². The van der Waals surface area contributed by atoms with Gasteiger partial charge in [-0.3, -0.25) is 9.59 Å². The molecule has 1 N–H and O–H groups in total. The Kier molecular flexibility index (Phi) is 2.92. The van der Waals surface area contributed by atoms with Crippen molar-refractivity contribution in [2.75, 3.05) is 6.54 Å². The van der Waals surface area contributed by atoms with Crippen molar-refractivity contribution in [3.8, 4) is 0 Å². The summed E-state index contributed by atoms with van der Waals surface area (Å²) in [5, 5.41) is 8.93. The van der Waals surface area contributed by atoms with Crippen LogP contribution in [0.4, 0.5) is 0 Å². The lowest BCUT2D eigenvalue weighted by Gasteiger charge is -2.25. The summed E-state index contributed by atoms with van der Waals surface area (Å²) in [5.41, 5.74) is 0.122. The smallest absolute Gasteiger partial charge is 0.308 e. The van der Waals surface area contributed by atoms with Gasteiger partial charge in [-0.15, -0.1) is 0 Å². The van der Waals surface area contributed by atoms with Crippen molar-refractivity contribution in [1.29, 1.82) is 0 Å².